The average molecular weight is 518 g/mol. The van der Waals surface area contributed by atoms with E-state index < -0.39 is 6.17 Å². The molecule has 0 radical (unpaired) electrons. The molecule has 9 heteroatoms. The lowest BCUT2D eigenvalue weighted by Crippen LogP contribution is -2.49. The molecule has 1 aliphatic heterocycles. The van der Waals surface area contributed by atoms with Crippen molar-refractivity contribution < 1.29 is 4.79 Å². The van der Waals surface area contributed by atoms with Gasteiger partial charge in [-0.2, -0.15) is 0 Å². The van der Waals surface area contributed by atoms with Gasteiger partial charge in [-0.3, -0.25) is 4.79 Å². The Bertz CT molecular complexity index is 1250. The minimum absolute atomic E-state index is 0.267. The summed E-state index contributed by atoms with van der Waals surface area (Å²) in [5.41, 5.74) is 3.62. The van der Waals surface area contributed by atoms with E-state index in [0.717, 1.165) is 5.56 Å². The van der Waals surface area contributed by atoms with Crippen molar-refractivity contribution in [1.82, 2.24) is 10.6 Å². The number of aliphatic imine (C=N–C) groups is 1. The number of halogens is 3. The van der Waals surface area contributed by atoms with Crippen LogP contribution in [0.1, 0.15) is 16.7 Å². The van der Waals surface area contributed by atoms with E-state index in [1.54, 1.807) is 48.3 Å². The molecule has 0 saturated heterocycles. The zero-order valence-corrected chi connectivity index (χ0v) is 20.6. The predicted octanol–water partition coefficient (Wildman–Crippen LogP) is 5.45. The van der Waals surface area contributed by atoms with E-state index >= 15 is 0 Å². The molecule has 0 aromatic heterocycles. The fourth-order valence-corrected chi connectivity index (χ4v) is 4.18. The first-order valence-corrected chi connectivity index (χ1v) is 11.6. The third-order valence-corrected chi connectivity index (χ3v) is 6.24. The first-order chi connectivity index (χ1) is 15.8. The molecule has 1 aliphatic rings. The molecule has 0 fully saturated rings. The molecular formula is C24H19Cl3N4OS. The highest BCUT2D eigenvalue weighted by Gasteiger charge is 2.31. The maximum Gasteiger partial charge on any atom is 0.272 e. The number of thiocarbonyl (C=S) groups is 1. The van der Waals surface area contributed by atoms with Gasteiger partial charge < -0.3 is 15.5 Å². The van der Waals surface area contributed by atoms with Crippen LogP contribution in [0, 0.1) is 0 Å². The summed E-state index contributed by atoms with van der Waals surface area (Å²) in [5.74, 6) is -0.267. The lowest BCUT2D eigenvalue weighted by atomic mass is 10.00. The normalized spacial score (nSPS) is 15.4. The van der Waals surface area contributed by atoms with Gasteiger partial charge in [-0.15, -0.1) is 0 Å². The number of carbonyl (C=O) groups is 1. The molecule has 168 valence electrons. The van der Waals surface area contributed by atoms with Gasteiger partial charge in [0.05, 0.1) is 11.4 Å². The summed E-state index contributed by atoms with van der Waals surface area (Å²) >= 11 is 24.2. The van der Waals surface area contributed by atoms with Gasteiger partial charge in [0, 0.05) is 39.8 Å². The number of likely N-dealkylation sites (N-methyl/N-ethyl adjacent to an activating group) is 1. The quantitative estimate of drug-likeness (QED) is 0.452. The highest BCUT2D eigenvalue weighted by molar-refractivity contribution is 7.80. The highest BCUT2D eigenvalue weighted by atomic mass is 35.5. The van der Waals surface area contributed by atoms with Gasteiger partial charge >= 0.3 is 0 Å². The van der Waals surface area contributed by atoms with Crippen LogP contribution in [0.4, 0.5) is 5.69 Å². The molecule has 1 heterocycles. The molecule has 3 aromatic carbocycles. The molecule has 0 bridgehead atoms. The van der Waals surface area contributed by atoms with Crippen molar-refractivity contribution >= 4 is 69.4 Å². The van der Waals surface area contributed by atoms with E-state index in [9.17, 15) is 4.79 Å². The van der Waals surface area contributed by atoms with E-state index in [1.165, 1.54) is 0 Å². The monoisotopic (exact) mass is 516 g/mol. The summed E-state index contributed by atoms with van der Waals surface area (Å²) in [6, 6.07) is 20.1. The van der Waals surface area contributed by atoms with Crippen LogP contribution in [-0.4, -0.2) is 29.9 Å². The van der Waals surface area contributed by atoms with Crippen molar-refractivity contribution in [2.45, 2.75) is 12.7 Å². The van der Waals surface area contributed by atoms with Crippen molar-refractivity contribution in [3.63, 3.8) is 0 Å². The number of hydrogen-bond acceptors (Lipinski definition) is 3. The van der Waals surface area contributed by atoms with Gasteiger partial charge in [-0.25, -0.2) is 4.99 Å². The Morgan fingerprint density at radius 2 is 1.70 bits per heavy atom. The first kappa shape index (κ1) is 23.5. The minimum Gasteiger partial charge on any atom is -0.359 e. The number of rotatable bonds is 4. The van der Waals surface area contributed by atoms with Crippen LogP contribution in [0.2, 0.25) is 15.1 Å². The summed E-state index contributed by atoms with van der Waals surface area (Å²) in [4.78, 5) is 19.6. The van der Waals surface area contributed by atoms with Crippen LogP contribution in [0.3, 0.4) is 0 Å². The summed E-state index contributed by atoms with van der Waals surface area (Å²) in [7, 11) is 1.69. The molecule has 0 aliphatic carbocycles. The van der Waals surface area contributed by atoms with Gasteiger partial charge in [-0.05, 0) is 54.2 Å². The number of nitrogens with zero attached hydrogens (tertiary/aromatic N) is 2. The molecule has 33 heavy (non-hydrogen) atoms. The lowest BCUT2D eigenvalue weighted by Gasteiger charge is -2.22. The van der Waals surface area contributed by atoms with E-state index in [2.05, 4.69) is 10.6 Å². The fourth-order valence-electron chi connectivity index (χ4n) is 3.47. The van der Waals surface area contributed by atoms with E-state index in [1.807, 2.05) is 30.3 Å². The van der Waals surface area contributed by atoms with E-state index in [4.69, 9.17) is 52.0 Å². The molecule has 2 N–H and O–H groups in total. The largest absolute Gasteiger partial charge is 0.359 e. The predicted molar refractivity (Wildman–Crippen MR) is 140 cm³/mol. The number of anilines is 1. The number of nitrogens with one attached hydrogen (secondary N) is 2. The van der Waals surface area contributed by atoms with Crippen molar-refractivity contribution in [1.29, 1.82) is 0 Å². The second kappa shape index (κ2) is 10.1. The molecule has 0 saturated carbocycles. The minimum atomic E-state index is -0.960. The molecule has 5 nitrogen and oxygen atoms in total. The Balaban J connectivity index is 1.66. The molecule has 3 aromatic rings. The SMILES string of the molecule is CN1C(=O)C(NC(=S)NCc2ccc(Cl)cc2)N=C(c2ccccc2Cl)c2cc(Cl)ccc21. The van der Waals surface area contributed by atoms with Crippen LogP contribution in [0.25, 0.3) is 0 Å². The topological polar surface area (TPSA) is 56.7 Å². The summed E-state index contributed by atoms with van der Waals surface area (Å²) in [5, 5.41) is 8.13. The fraction of sp³-hybridized carbons (Fsp3) is 0.125. The molecule has 1 atom stereocenters. The average Bonchev–Trinajstić information content (AvgIpc) is 2.89. The standard InChI is InChI=1S/C24H19Cl3N4OS/c1-31-20-11-10-16(26)12-18(20)21(17-4-2-3-5-19(17)27)29-22(23(31)32)30-24(33)28-13-14-6-8-15(25)9-7-14/h2-12,22H,13H2,1H3,(H2,28,30,33). The van der Waals surface area contributed by atoms with Gasteiger partial charge in [0.25, 0.3) is 5.91 Å². The number of benzene rings is 3. The number of hydrogen-bond donors (Lipinski definition) is 2. The van der Waals surface area contributed by atoms with E-state index in [-0.39, 0.29) is 5.91 Å². The van der Waals surface area contributed by atoms with Crippen LogP contribution in [0.15, 0.2) is 71.7 Å². The second-order valence-electron chi connectivity index (χ2n) is 7.37. The zero-order valence-electron chi connectivity index (χ0n) is 17.5. The van der Waals surface area contributed by atoms with E-state index in [0.29, 0.717) is 49.3 Å². The van der Waals surface area contributed by atoms with Gasteiger partial charge in [0.15, 0.2) is 5.11 Å². The van der Waals surface area contributed by atoms with Crippen molar-refractivity contribution in [2.75, 3.05) is 11.9 Å². The first-order valence-electron chi connectivity index (χ1n) is 10.0. The maximum atomic E-state index is 13.3. The Morgan fingerprint density at radius 1 is 1.00 bits per heavy atom. The van der Waals surface area contributed by atoms with Gasteiger partial charge in [0.1, 0.15) is 0 Å². The number of carbonyl (C=O) groups excluding carboxylic acids is 1. The van der Waals surface area contributed by atoms with Gasteiger partial charge in [-0.1, -0.05) is 65.1 Å². The van der Waals surface area contributed by atoms with Crippen LogP contribution in [-0.2, 0) is 11.3 Å². The van der Waals surface area contributed by atoms with Gasteiger partial charge in [0.2, 0.25) is 6.17 Å². The Morgan fingerprint density at radius 3 is 2.42 bits per heavy atom. The van der Waals surface area contributed by atoms with Crippen molar-refractivity contribution in [3.05, 3.63) is 98.5 Å². The van der Waals surface area contributed by atoms with Crippen LogP contribution >= 0.6 is 47.0 Å². The van der Waals surface area contributed by atoms with Crippen molar-refractivity contribution in [3.8, 4) is 0 Å². The van der Waals surface area contributed by atoms with Crippen LogP contribution in [0.5, 0.6) is 0 Å². The third kappa shape index (κ3) is 5.31. The molecular weight excluding hydrogens is 499 g/mol. The molecule has 0 spiro atoms. The number of benzodiazepines with no additional fused rings is 1. The van der Waals surface area contributed by atoms with Crippen LogP contribution < -0.4 is 15.5 Å². The van der Waals surface area contributed by atoms with Crippen molar-refractivity contribution in [2.24, 2.45) is 4.99 Å². The maximum absolute atomic E-state index is 13.3. The zero-order chi connectivity index (χ0) is 23.5. The smallest absolute Gasteiger partial charge is 0.272 e. The number of amides is 1. The Kier molecular flexibility index (Phi) is 7.20. The second-order valence-corrected chi connectivity index (χ2v) is 9.06. The summed E-state index contributed by atoms with van der Waals surface area (Å²) in [6.07, 6.45) is -0.960. The molecule has 1 unspecified atom stereocenters. The highest BCUT2D eigenvalue weighted by Crippen LogP contribution is 2.31. The molecule has 4 rings (SSSR count). The Hall–Kier alpha value is -2.64. The number of fused-ring (bicyclic) bond motifs is 1. The summed E-state index contributed by atoms with van der Waals surface area (Å²) in [6.45, 7) is 0.469. The third-order valence-electron chi connectivity index (χ3n) is 5.16. The Labute approximate surface area is 212 Å². The summed E-state index contributed by atoms with van der Waals surface area (Å²) < 4.78 is 0. The lowest BCUT2D eigenvalue weighted by molar-refractivity contribution is -0.119. The molecule has 1 amide bonds.